The van der Waals surface area contributed by atoms with Gasteiger partial charge in [-0.25, -0.2) is 0 Å². The Balaban J connectivity index is 1.73. The zero-order valence-electron chi connectivity index (χ0n) is 12.1. The molecule has 3 atom stereocenters. The van der Waals surface area contributed by atoms with Crippen LogP contribution in [-0.4, -0.2) is 36.3 Å². The Hall–Kier alpha value is -1.01. The summed E-state index contributed by atoms with van der Waals surface area (Å²) in [7, 11) is 0. The Morgan fingerprint density at radius 3 is 2.91 bits per heavy atom. The lowest BCUT2D eigenvalue weighted by molar-refractivity contribution is -0.125. The normalized spacial score (nSPS) is 22.4. The van der Waals surface area contributed by atoms with Crippen LogP contribution in [0, 0.1) is 5.92 Å². The smallest absolute Gasteiger partial charge is 0.223 e. The summed E-state index contributed by atoms with van der Waals surface area (Å²) in [4.78, 5) is 11.9. The van der Waals surface area contributed by atoms with E-state index >= 15 is 0 Å². The van der Waals surface area contributed by atoms with Gasteiger partial charge in [0, 0.05) is 18.5 Å². The van der Waals surface area contributed by atoms with Gasteiger partial charge in [-0.1, -0.05) is 29.3 Å². The Labute approximate surface area is 139 Å². The first kappa shape index (κ1) is 17.3. The number of rotatable bonds is 6. The van der Waals surface area contributed by atoms with E-state index in [4.69, 9.17) is 33.7 Å². The molecule has 5 nitrogen and oxygen atoms in total. The standard InChI is InChI=1S/C15H20Cl2N2O3/c16-12-2-1-3-13(14(12)17)22-8-11(20)7-19-15(21)9-4-5-10(18)6-9/h1-3,9-11,20H,4-8,18H2,(H,19,21). The summed E-state index contributed by atoms with van der Waals surface area (Å²) < 4.78 is 5.42. The molecule has 1 aliphatic carbocycles. The lowest BCUT2D eigenvalue weighted by atomic mass is 10.1. The number of nitrogens with two attached hydrogens (primary N) is 1. The van der Waals surface area contributed by atoms with Crippen LogP contribution in [0.5, 0.6) is 5.75 Å². The van der Waals surface area contributed by atoms with Gasteiger partial charge in [0.1, 0.15) is 23.5 Å². The number of carbonyl (C=O) groups excluding carboxylic acids is 1. The predicted molar refractivity (Wildman–Crippen MR) is 86.3 cm³/mol. The number of aliphatic hydroxyl groups excluding tert-OH is 1. The topological polar surface area (TPSA) is 84.6 Å². The van der Waals surface area contributed by atoms with Gasteiger partial charge >= 0.3 is 0 Å². The fourth-order valence-electron chi connectivity index (χ4n) is 2.46. The van der Waals surface area contributed by atoms with E-state index in [1.165, 1.54) is 0 Å². The van der Waals surface area contributed by atoms with Crippen LogP contribution in [0.2, 0.25) is 10.0 Å². The van der Waals surface area contributed by atoms with E-state index in [0.29, 0.717) is 22.2 Å². The first-order valence-corrected chi connectivity index (χ1v) is 8.01. The second kappa shape index (κ2) is 8.02. The molecular formula is C15H20Cl2N2O3. The van der Waals surface area contributed by atoms with Crippen molar-refractivity contribution in [1.29, 1.82) is 0 Å². The van der Waals surface area contributed by atoms with Gasteiger partial charge in [-0.3, -0.25) is 4.79 Å². The highest BCUT2D eigenvalue weighted by molar-refractivity contribution is 6.42. The predicted octanol–water partition coefficient (Wildman–Crippen LogP) is 1.98. The molecule has 0 aromatic heterocycles. The van der Waals surface area contributed by atoms with Gasteiger partial charge in [0.05, 0.1) is 5.02 Å². The summed E-state index contributed by atoms with van der Waals surface area (Å²) in [5.41, 5.74) is 5.78. The summed E-state index contributed by atoms with van der Waals surface area (Å²) >= 11 is 11.9. The van der Waals surface area contributed by atoms with Crippen molar-refractivity contribution in [3.63, 3.8) is 0 Å². The third-order valence-electron chi connectivity index (χ3n) is 3.70. The first-order chi connectivity index (χ1) is 10.5. The number of ether oxygens (including phenoxy) is 1. The zero-order chi connectivity index (χ0) is 16.1. The van der Waals surface area contributed by atoms with Crippen molar-refractivity contribution in [3.8, 4) is 5.75 Å². The lowest BCUT2D eigenvalue weighted by Crippen LogP contribution is -2.38. The summed E-state index contributed by atoms with van der Waals surface area (Å²) in [6.45, 7) is 0.146. The quantitative estimate of drug-likeness (QED) is 0.735. The fourth-order valence-corrected chi connectivity index (χ4v) is 2.80. The number of nitrogens with one attached hydrogen (secondary N) is 1. The molecule has 122 valence electrons. The summed E-state index contributed by atoms with van der Waals surface area (Å²) in [5.74, 6) is 0.291. The van der Waals surface area contributed by atoms with Crippen molar-refractivity contribution in [2.75, 3.05) is 13.2 Å². The highest BCUT2D eigenvalue weighted by Gasteiger charge is 2.27. The van der Waals surface area contributed by atoms with Crippen molar-refractivity contribution in [2.45, 2.75) is 31.4 Å². The van der Waals surface area contributed by atoms with E-state index in [2.05, 4.69) is 5.32 Å². The molecule has 3 unspecified atom stereocenters. The maximum Gasteiger partial charge on any atom is 0.223 e. The van der Waals surface area contributed by atoms with Gasteiger partial charge in [0.2, 0.25) is 5.91 Å². The van der Waals surface area contributed by atoms with E-state index < -0.39 is 6.10 Å². The van der Waals surface area contributed by atoms with Crippen molar-refractivity contribution >= 4 is 29.1 Å². The number of amides is 1. The van der Waals surface area contributed by atoms with E-state index in [1.807, 2.05) is 0 Å². The molecule has 7 heteroatoms. The van der Waals surface area contributed by atoms with Crippen molar-refractivity contribution in [2.24, 2.45) is 11.7 Å². The molecule has 1 aliphatic rings. The minimum absolute atomic E-state index is 0.0184. The van der Waals surface area contributed by atoms with Crippen molar-refractivity contribution < 1.29 is 14.6 Å². The van der Waals surface area contributed by atoms with Crippen LogP contribution < -0.4 is 15.8 Å². The molecule has 0 heterocycles. The van der Waals surface area contributed by atoms with Gasteiger partial charge in [0.25, 0.3) is 0 Å². The SMILES string of the molecule is NC1CCC(C(=O)NCC(O)COc2cccc(Cl)c2Cl)C1. The Bertz CT molecular complexity index is 528. The van der Waals surface area contributed by atoms with E-state index in [0.717, 1.165) is 12.8 Å². The maximum atomic E-state index is 11.9. The average Bonchev–Trinajstić information content (AvgIpc) is 2.93. The van der Waals surface area contributed by atoms with E-state index in [1.54, 1.807) is 18.2 Å². The third kappa shape index (κ3) is 4.74. The van der Waals surface area contributed by atoms with Gasteiger partial charge < -0.3 is 20.9 Å². The Morgan fingerprint density at radius 1 is 1.45 bits per heavy atom. The molecule has 1 aromatic rings. The number of hydrogen-bond acceptors (Lipinski definition) is 4. The fraction of sp³-hybridized carbons (Fsp3) is 0.533. The highest BCUT2D eigenvalue weighted by atomic mass is 35.5. The van der Waals surface area contributed by atoms with Crippen molar-refractivity contribution in [1.82, 2.24) is 5.32 Å². The lowest BCUT2D eigenvalue weighted by Gasteiger charge is -2.16. The van der Waals surface area contributed by atoms with Crippen LogP contribution >= 0.6 is 23.2 Å². The largest absolute Gasteiger partial charge is 0.489 e. The minimum Gasteiger partial charge on any atom is -0.489 e. The molecule has 0 radical (unpaired) electrons. The maximum absolute atomic E-state index is 11.9. The molecule has 0 bridgehead atoms. The van der Waals surface area contributed by atoms with E-state index in [-0.39, 0.29) is 31.0 Å². The third-order valence-corrected chi connectivity index (χ3v) is 4.50. The van der Waals surface area contributed by atoms with Gasteiger partial charge in [-0.05, 0) is 31.4 Å². The summed E-state index contributed by atoms with van der Waals surface area (Å²) in [6, 6.07) is 5.13. The number of hydrogen-bond donors (Lipinski definition) is 3. The van der Waals surface area contributed by atoms with Crippen LogP contribution in [0.25, 0.3) is 0 Å². The first-order valence-electron chi connectivity index (χ1n) is 7.25. The molecule has 0 spiro atoms. The van der Waals surface area contributed by atoms with Crippen LogP contribution in [0.15, 0.2) is 18.2 Å². The molecule has 1 amide bonds. The molecule has 1 saturated carbocycles. The van der Waals surface area contributed by atoms with E-state index in [9.17, 15) is 9.90 Å². The number of benzene rings is 1. The highest BCUT2D eigenvalue weighted by Crippen LogP contribution is 2.31. The summed E-state index contributed by atoms with van der Waals surface area (Å²) in [6.07, 6.45) is 1.56. The monoisotopic (exact) mass is 346 g/mol. The summed E-state index contributed by atoms with van der Waals surface area (Å²) in [5, 5.41) is 13.3. The van der Waals surface area contributed by atoms with Gasteiger partial charge in [-0.2, -0.15) is 0 Å². The number of carbonyl (C=O) groups is 1. The van der Waals surface area contributed by atoms with Crippen LogP contribution in [-0.2, 0) is 4.79 Å². The molecule has 4 N–H and O–H groups in total. The molecular weight excluding hydrogens is 327 g/mol. The Morgan fingerprint density at radius 2 is 2.23 bits per heavy atom. The van der Waals surface area contributed by atoms with Crippen LogP contribution in [0.1, 0.15) is 19.3 Å². The van der Waals surface area contributed by atoms with Gasteiger partial charge in [-0.15, -0.1) is 0 Å². The van der Waals surface area contributed by atoms with Crippen molar-refractivity contribution in [3.05, 3.63) is 28.2 Å². The molecule has 0 aliphatic heterocycles. The molecule has 1 aromatic carbocycles. The Kier molecular flexibility index (Phi) is 6.32. The molecule has 0 saturated heterocycles. The average molecular weight is 347 g/mol. The molecule has 1 fully saturated rings. The van der Waals surface area contributed by atoms with Crippen LogP contribution in [0.4, 0.5) is 0 Å². The molecule has 22 heavy (non-hydrogen) atoms. The minimum atomic E-state index is -0.825. The molecule has 2 rings (SSSR count). The zero-order valence-corrected chi connectivity index (χ0v) is 13.6. The van der Waals surface area contributed by atoms with Crippen LogP contribution in [0.3, 0.4) is 0 Å². The van der Waals surface area contributed by atoms with Gasteiger partial charge in [0.15, 0.2) is 0 Å². The second-order valence-electron chi connectivity index (χ2n) is 5.53. The number of halogens is 2. The number of aliphatic hydroxyl groups is 1. The second-order valence-corrected chi connectivity index (χ2v) is 6.32.